The molecule has 9 nitrogen and oxygen atoms in total. The van der Waals surface area contributed by atoms with Crippen molar-refractivity contribution >= 4 is 24.3 Å². The van der Waals surface area contributed by atoms with Crippen LogP contribution in [0.3, 0.4) is 0 Å². The number of benzene rings is 2. The van der Waals surface area contributed by atoms with Crippen LogP contribution in [0.1, 0.15) is 18.6 Å². The summed E-state index contributed by atoms with van der Waals surface area (Å²) in [5.41, 5.74) is 1.81. The fraction of sp³-hybridized carbons (Fsp3) is 0.316. The number of hydrogen-bond donors (Lipinski definition) is 0. The molecule has 3 aromatic rings. The van der Waals surface area contributed by atoms with Crippen molar-refractivity contribution in [1.82, 2.24) is 19.1 Å². The Balaban J connectivity index is 1.54. The first kappa shape index (κ1) is 18.4. The lowest BCUT2D eigenvalue weighted by Gasteiger charge is -2.24. The summed E-state index contributed by atoms with van der Waals surface area (Å²) in [6, 6.07) is 12.4. The topological polar surface area (TPSA) is 93.3 Å². The van der Waals surface area contributed by atoms with Gasteiger partial charge in [0.2, 0.25) is 0 Å². The standard InChI is InChI=1S/C19H20N5O4P/c1-14(28-29(27,21-8-9-21)22-10-11-22)15-6-7-18(24(25)26)19(12-15)23-17-5-3-2-4-16(17)13-20-23/h2-7,12-14H,8-11H2,1H3. The molecular weight excluding hydrogens is 393 g/mol. The number of hydrogen-bond acceptors (Lipinski definition) is 5. The number of nitrogens with zero attached hydrogens (tertiary/aromatic N) is 5. The maximum absolute atomic E-state index is 13.3. The van der Waals surface area contributed by atoms with Gasteiger partial charge in [-0.1, -0.05) is 18.2 Å². The Labute approximate surface area is 167 Å². The van der Waals surface area contributed by atoms with Crippen LogP contribution in [0.2, 0.25) is 0 Å². The third-order valence-electron chi connectivity index (χ3n) is 5.23. The molecule has 2 aromatic carbocycles. The largest absolute Gasteiger partial charge is 0.346 e. The van der Waals surface area contributed by atoms with Crippen LogP contribution in [0.15, 0.2) is 48.7 Å². The highest BCUT2D eigenvalue weighted by Crippen LogP contribution is 2.63. The molecule has 0 bridgehead atoms. The van der Waals surface area contributed by atoms with Gasteiger partial charge in [0.25, 0.3) is 5.69 Å². The molecule has 0 N–H and O–H groups in total. The Morgan fingerprint density at radius 3 is 2.48 bits per heavy atom. The molecule has 1 unspecified atom stereocenters. The molecular formula is C19H20N5O4P. The SMILES string of the molecule is CC(OP(=O)(N1CC1)N1CC1)c1ccc([N+](=O)[O-])c(-n2ncc3ccccc32)c1. The van der Waals surface area contributed by atoms with Gasteiger partial charge in [0, 0.05) is 37.6 Å². The van der Waals surface area contributed by atoms with Gasteiger partial charge in [0.05, 0.1) is 22.7 Å². The molecule has 2 aliphatic heterocycles. The van der Waals surface area contributed by atoms with E-state index in [4.69, 9.17) is 4.52 Å². The zero-order valence-corrected chi connectivity index (χ0v) is 16.7. The number of nitro groups is 1. The molecule has 2 saturated heterocycles. The first-order valence-corrected chi connectivity index (χ1v) is 11.0. The van der Waals surface area contributed by atoms with Gasteiger partial charge >= 0.3 is 7.67 Å². The van der Waals surface area contributed by atoms with E-state index in [9.17, 15) is 14.7 Å². The predicted octanol–water partition coefficient (Wildman–Crippen LogP) is 3.75. The van der Waals surface area contributed by atoms with Crippen LogP contribution >= 0.6 is 7.67 Å². The average Bonchev–Trinajstić information content (AvgIpc) is 3.62. The van der Waals surface area contributed by atoms with Gasteiger partial charge in [-0.2, -0.15) is 5.10 Å². The molecule has 0 spiro atoms. The van der Waals surface area contributed by atoms with Gasteiger partial charge in [0.15, 0.2) is 0 Å². The van der Waals surface area contributed by atoms with E-state index < -0.39 is 18.7 Å². The Hall–Kier alpha value is -2.58. The normalized spacial score (nSPS) is 18.1. The van der Waals surface area contributed by atoms with Crippen molar-refractivity contribution in [3.8, 4) is 5.69 Å². The lowest BCUT2D eigenvalue weighted by molar-refractivity contribution is -0.384. The molecule has 0 amide bonds. The van der Waals surface area contributed by atoms with Crippen LogP contribution in [0.5, 0.6) is 0 Å². The van der Waals surface area contributed by atoms with E-state index in [-0.39, 0.29) is 5.69 Å². The third kappa shape index (κ3) is 3.26. The molecule has 0 saturated carbocycles. The Kier molecular flexibility index (Phi) is 4.29. The summed E-state index contributed by atoms with van der Waals surface area (Å²) >= 11 is 0. The molecule has 150 valence electrons. The van der Waals surface area contributed by atoms with E-state index in [2.05, 4.69) is 5.10 Å². The van der Waals surface area contributed by atoms with Crippen molar-refractivity contribution in [2.75, 3.05) is 26.2 Å². The number of rotatable bonds is 7. The van der Waals surface area contributed by atoms with Gasteiger partial charge in [-0.05, 0) is 30.7 Å². The average molecular weight is 413 g/mol. The third-order valence-corrected chi connectivity index (χ3v) is 8.05. The lowest BCUT2D eigenvalue weighted by atomic mass is 10.1. The molecule has 0 aliphatic carbocycles. The van der Waals surface area contributed by atoms with E-state index in [0.29, 0.717) is 11.3 Å². The van der Waals surface area contributed by atoms with Crippen molar-refractivity contribution in [1.29, 1.82) is 0 Å². The van der Waals surface area contributed by atoms with Crippen molar-refractivity contribution < 1.29 is 14.0 Å². The Bertz CT molecular complexity index is 1140. The smallest absolute Gasteiger partial charge is 0.298 e. The fourth-order valence-electron chi connectivity index (χ4n) is 3.46. The van der Waals surface area contributed by atoms with Crippen LogP contribution in [0.4, 0.5) is 5.69 Å². The van der Waals surface area contributed by atoms with Crippen molar-refractivity contribution in [2.45, 2.75) is 13.0 Å². The molecule has 29 heavy (non-hydrogen) atoms. The summed E-state index contributed by atoms with van der Waals surface area (Å²) in [5.74, 6) is 0. The first-order chi connectivity index (χ1) is 14.0. The van der Waals surface area contributed by atoms with E-state index in [0.717, 1.165) is 37.1 Å². The summed E-state index contributed by atoms with van der Waals surface area (Å²) in [5, 5.41) is 16.9. The highest BCUT2D eigenvalue weighted by Gasteiger charge is 2.50. The maximum Gasteiger partial charge on any atom is 0.346 e. The highest BCUT2D eigenvalue weighted by molar-refractivity contribution is 7.54. The van der Waals surface area contributed by atoms with Crippen LogP contribution in [0, 0.1) is 10.1 Å². The monoisotopic (exact) mass is 413 g/mol. The minimum Gasteiger partial charge on any atom is -0.298 e. The van der Waals surface area contributed by atoms with Crippen LogP contribution in [0.25, 0.3) is 16.6 Å². The summed E-state index contributed by atoms with van der Waals surface area (Å²) in [6.07, 6.45) is 1.20. The maximum atomic E-state index is 13.3. The number of aromatic nitrogens is 2. The van der Waals surface area contributed by atoms with Gasteiger partial charge in [0.1, 0.15) is 5.69 Å². The molecule has 10 heteroatoms. The zero-order chi connectivity index (χ0) is 20.2. The minimum atomic E-state index is -3.00. The molecule has 0 radical (unpaired) electrons. The quantitative estimate of drug-likeness (QED) is 0.252. The van der Waals surface area contributed by atoms with Crippen molar-refractivity contribution in [2.24, 2.45) is 0 Å². The summed E-state index contributed by atoms with van der Waals surface area (Å²) in [4.78, 5) is 11.2. The van der Waals surface area contributed by atoms with Crippen LogP contribution in [-0.4, -0.2) is 50.2 Å². The predicted molar refractivity (Wildman–Crippen MR) is 108 cm³/mol. The minimum absolute atomic E-state index is 0.0464. The van der Waals surface area contributed by atoms with Crippen molar-refractivity contribution in [3.05, 3.63) is 64.3 Å². The fourth-order valence-corrected chi connectivity index (χ4v) is 5.80. The molecule has 5 rings (SSSR count). The van der Waals surface area contributed by atoms with Crippen LogP contribution in [-0.2, 0) is 9.09 Å². The van der Waals surface area contributed by atoms with E-state index in [1.807, 2.05) is 40.5 Å². The molecule has 1 aromatic heterocycles. The Morgan fingerprint density at radius 1 is 1.14 bits per heavy atom. The van der Waals surface area contributed by atoms with E-state index in [1.54, 1.807) is 23.0 Å². The summed E-state index contributed by atoms with van der Waals surface area (Å²) in [6.45, 7) is 4.90. The zero-order valence-electron chi connectivity index (χ0n) is 15.8. The first-order valence-electron chi connectivity index (χ1n) is 9.48. The van der Waals surface area contributed by atoms with Gasteiger partial charge in [-0.3, -0.25) is 19.2 Å². The van der Waals surface area contributed by atoms with E-state index >= 15 is 0 Å². The van der Waals surface area contributed by atoms with Gasteiger partial charge < -0.3 is 0 Å². The van der Waals surface area contributed by atoms with E-state index in [1.165, 1.54) is 6.07 Å². The second-order valence-electron chi connectivity index (χ2n) is 7.27. The van der Waals surface area contributed by atoms with Gasteiger partial charge in [-0.25, -0.2) is 14.0 Å². The Morgan fingerprint density at radius 2 is 1.83 bits per heavy atom. The number of para-hydroxylation sites is 1. The van der Waals surface area contributed by atoms with Crippen LogP contribution < -0.4 is 0 Å². The van der Waals surface area contributed by atoms with Crippen molar-refractivity contribution in [3.63, 3.8) is 0 Å². The summed E-state index contributed by atoms with van der Waals surface area (Å²) in [7, 11) is -3.00. The van der Waals surface area contributed by atoms with Gasteiger partial charge in [-0.15, -0.1) is 0 Å². The second-order valence-corrected chi connectivity index (χ2v) is 9.59. The molecule has 2 fully saturated rings. The summed E-state index contributed by atoms with van der Waals surface area (Å²) < 4.78 is 24.6. The molecule has 2 aliphatic rings. The number of nitro benzene ring substituents is 1. The second kappa shape index (κ2) is 6.74. The molecule has 3 heterocycles. The number of fused-ring (bicyclic) bond motifs is 1. The molecule has 1 atom stereocenters. The lowest BCUT2D eigenvalue weighted by Crippen LogP contribution is -2.11. The highest BCUT2D eigenvalue weighted by atomic mass is 31.2.